The van der Waals surface area contributed by atoms with Crippen LogP contribution in [-0.4, -0.2) is 69.7 Å². The topological polar surface area (TPSA) is 78.4 Å². The number of rotatable bonds is 3. The van der Waals surface area contributed by atoms with Crippen molar-refractivity contribution >= 4 is 17.5 Å². The maximum Gasteiger partial charge on any atom is 0.274 e. The number of hydrogen-bond acceptors (Lipinski definition) is 7. The number of piperazine rings is 1. The highest BCUT2D eigenvalue weighted by atomic mass is 16.2. The number of piperidine rings is 1. The molecule has 0 N–H and O–H groups in total. The number of nitrogens with zero attached hydrogens (tertiary/aromatic N) is 7. The van der Waals surface area contributed by atoms with Crippen molar-refractivity contribution in [1.82, 2.24) is 25.1 Å². The van der Waals surface area contributed by atoms with E-state index in [1.807, 2.05) is 11.0 Å². The molecule has 2 fully saturated rings. The monoisotopic (exact) mass is 367 g/mol. The molecular formula is C19H25N7O. The van der Waals surface area contributed by atoms with Crippen molar-refractivity contribution in [2.75, 3.05) is 42.5 Å². The Hall–Kier alpha value is -2.77. The average molecular weight is 367 g/mol. The van der Waals surface area contributed by atoms with Crippen LogP contribution in [0.1, 0.15) is 36.7 Å². The Balaban J connectivity index is 1.36. The molecule has 2 aromatic heterocycles. The molecule has 4 rings (SSSR count). The van der Waals surface area contributed by atoms with Crippen LogP contribution in [0, 0.1) is 0 Å². The van der Waals surface area contributed by atoms with E-state index in [1.54, 1.807) is 12.4 Å². The van der Waals surface area contributed by atoms with E-state index in [1.165, 1.54) is 25.5 Å². The van der Waals surface area contributed by atoms with E-state index >= 15 is 0 Å². The van der Waals surface area contributed by atoms with Gasteiger partial charge >= 0.3 is 0 Å². The van der Waals surface area contributed by atoms with Gasteiger partial charge in [0.15, 0.2) is 11.6 Å². The third-order valence-corrected chi connectivity index (χ3v) is 5.41. The zero-order valence-corrected chi connectivity index (χ0v) is 15.7. The SMILES string of the molecule is CC1CCCCN1c1ccc(N2CCN(C(=O)c3cnccn3)CC2)nn1. The summed E-state index contributed by atoms with van der Waals surface area (Å²) in [5.74, 6) is 1.76. The largest absolute Gasteiger partial charge is 0.352 e. The predicted octanol–water partition coefficient (Wildman–Crippen LogP) is 1.61. The zero-order chi connectivity index (χ0) is 18.6. The zero-order valence-electron chi connectivity index (χ0n) is 15.7. The molecule has 2 saturated heterocycles. The van der Waals surface area contributed by atoms with Crippen LogP contribution in [0.2, 0.25) is 0 Å². The second kappa shape index (κ2) is 7.85. The molecule has 0 radical (unpaired) electrons. The van der Waals surface area contributed by atoms with Crippen LogP contribution in [0.5, 0.6) is 0 Å². The van der Waals surface area contributed by atoms with E-state index in [4.69, 9.17) is 0 Å². The lowest BCUT2D eigenvalue weighted by molar-refractivity contribution is 0.0740. The Morgan fingerprint density at radius 2 is 1.78 bits per heavy atom. The third-order valence-electron chi connectivity index (χ3n) is 5.41. The van der Waals surface area contributed by atoms with Crippen molar-refractivity contribution < 1.29 is 4.79 Å². The summed E-state index contributed by atoms with van der Waals surface area (Å²) in [6.45, 7) is 6.06. The Bertz CT molecular complexity index is 759. The summed E-state index contributed by atoms with van der Waals surface area (Å²) in [6.07, 6.45) is 8.35. The highest BCUT2D eigenvalue weighted by Gasteiger charge is 2.25. The molecule has 8 heteroatoms. The fourth-order valence-corrected chi connectivity index (χ4v) is 3.79. The molecule has 0 aromatic carbocycles. The normalized spacial score (nSPS) is 20.6. The Morgan fingerprint density at radius 3 is 2.44 bits per heavy atom. The van der Waals surface area contributed by atoms with Crippen LogP contribution < -0.4 is 9.80 Å². The quantitative estimate of drug-likeness (QED) is 0.815. The molecule has 1 unspecified atom stereocenters. The summed E-state index contributed by atoms with van der Waals surface area (Å²) in [5, 5.41) is 8.91. The third kappa shape index (κ3) is 3.84. The number of hydrogen-bond donors (Lipinski definition) is 0. The molecule has 8 nitrogen and oxygen atoms in total. The molecule has 0 spiro atoms. The molecular weight excluding hydrogens is 342 g/mol. The standard InChI is InChI=1S/C19H25N7O/c1-15-4-2-3-9-26(15)18-6-5-17(22-23-18)24-10-12-25(13-11-24)19(27)16-14-20-7-8-21-16/h5-8,14-15H,2-4,9-13H2,1H3. The highest BCUT2D eigenvalue weighted by Crippen LogP contribution is 2.23. The summed E-state index contributed by atoms with van der Waals surface area (Å²) < 4.78 is 0. The van der Waals surface area contributed by atoms with Gasteiger partial charge < -0.3 is 14.7 Å². The van der Waals surface area contributed by atoms with Crippen molar-refractivity contribution in [2.24, 2.45) is 0 Å². The minimum atomic E-state index is -0.0664. The molecule has 27 heavy (non-hydrogen) atoms. The van der Waals surface area contributed by atoms with E-state index in [0.717, 1.165) is 31.3 Å². The first-order chi connectivity index (χ1) is 13.2. The van der Waals surface area contributed by atoms with Gasteiger partial charge in [0.05, 0.1) is 6.20 Å². The molecule has 142 valence electrons. The van der Waals surface area contributed by atoms with Gasteiger partial charge in [0, 0.05) is 51.2 Å². The van der Waals surface area contributed by atoms with Crippen molar-refractivity contribution in [1.29, 1.82) is 0 Å². The number of carbonyl (C=O) groups is 1. The second-order valence-electron chi connectivity index (χ2n) is 7.16. The second-order valence-corrected chi connectivity index (χ2v) is 7.16. The van der Waals surface area contributed by atoms with Gasteiger partial charge in [-0.2, -0.15) is 0 Å². The highest BCUT2D eigenvalue weighted by molar-refractivity contribution is 5.92. The number of amides is 1. The summed E-state index contributed by atoms with van der Waals surface area (Å²) in [7, 11) is 0. The predicted molar refractivity (Wildman–Crippen MR) is 103 cm³/mol. The Morgan fingerprint density at radius 1 is 1.00 bits per heavy atom. The van der Waals surface area contributed by atoms with E-state index in [9.17, 15) is 4.79 Å². The Kier molecular flexibility index (Phi) is 5.13. The summed E-state index contributed by atoms with van der Waals surface area (Å²) >= 11 is 0. The van der Waals surface area contributed by atoms with Gasteiger partial charge in [-0.15, -0.1) is 10.2 Å². The molecule has 1 amide bonds. The van der Waals surface area contributed by atoms with E-state index in [0.29, 0.717) is 24.8 Å². The molecule has 2 aliphatic rings. The maximum atomic E-state index is 12.5. The van der Waals surface area contributed by atoms with Crippen molar-refractivity contribution in [3.8, 4) is 0 Å². The first-order valence-electron chi connectivity index (χ1n) is 9.63. The van der Waals surface area contributed by atoms with Crippen molar-refractivity contribution in [2.45, 2.75) is 32.2 Å². The maximum absolute atomic E-state index is 12.5. The minimum absolute atomic E-state index is 0.0664. The fraction of sp³-hybridized carbons (Fsp3) is 0.526. The molecule has 1 atom stereocenters. The fourth-order valence-electron chi connectivity index (χ4n) is 3.79. The van der Waals surface area contributed by atoms with Gasteiger partial charge in [-0.05, 0) is 38.3 Å². The molecule has 0 aliphatic carbocycles. The summed E-state index contributed by atoms with van der Waals surface area (Å²) in [6, 6.07) is 4.64. The smallest absolute Gasteiger partial charge is 0.274 e. The molecule has 2 aliphatic heterocycles. The summed E-state index contributed by atoms with van der Waals surface area (Å²) in [4.78, 5) is 26.9. The van der Waals surface area contributed by atoms with E-state index in [2.05, 4.69) is 43.0 Å². The van der Waals surface area contributed by atoms with Gasteiger partial charge in [-0.25, -0.2) is 4.98 Å². The van der Waals surface area contributed by atoms with Crippen LogP contribution in [0.15, 0.2) is 30.7 Å². The number of aromatic nitrogens is 4. The lowest BCUT2D eigenvalue weighted by Gasteiger charge is -2.36. The number of carbonyl (C=O) groups excluding carboxylic acids is 1. The van der Waals surface area contributed by atoms with Crippen molar-refractivity contribution in [3.63, 3.8) is 0 Å². The van der Waals surface area contributed by atoms with Gasteiger partial charge in [-0.1, -0.05) is 0 Å². The van der Waals surface area contributed by atoms with E-state index in [-0.39, 0.29) is 5.91 Å². The van der Waals surface area contributed by atoms with Crippen LogP contribution in [0.3, 0.4) is 0 Å². The van der Waals surface area contributed by atoms with Crippen LogP contribution in [-0.2, 0) is 0 Å². The van der Waals surface area contributed by atoms with Gasteiger partial charge in [-0.3, -0.25) is 9.78 Å². The molecule has 0 bridgehead atoms. The van der Waals surface area contributed by atoms with Crippen LogP contribution in [0.25, 0.3) is 0 Å². The molecule has 0 saturated carbocycles. The average Bonchev–Trinajstić information content (AvgIpc) is 2.74. The van der Waals surface area contributed by atoms with Gasteiger partial charge in [0.2, 0.25) is 0 Å². The molecule has 4 heterocycles. The molecule has 2 aromatic rings. The van der Waals surface area contributed by atoms with Crippen LogP contribution >= 0.6 is 0 Å². The van der Waals surface area contributed by atoms with Gasteiger partial charge in [0.1, 0.15) is 5.69 Å². The Labute approximate surface area is 159 Å². The first-order valence-corrected chi connectivity index (χ1v) is 9.63. The van der Waals surface area contributed by atoms with Crippen molar-refractivity contribution in [3.05, 3.63) is 36.4 Å². The number of anilines is 2. The van der Waals surface area contributed by atoms with Gasteiger partial charge in [0.25, 0.3) is 5.91 Å². The lowest BCUT2D eigenvalue weighted by Crippen LogP contribution is -2.49. The first kappa shape index (κ1) is 17.6. The van der Waals surface area contributed by atoms with E-state index < -0.39 is 0 Å². The van der Waals surface area contributed by atoms with Crippen LogP contribution in [0.4, 0.5) is 11.6 Å². The minimum Gasteiger partial charge on any atom is -0.352 e. The summed E-state index contributed by atoms with van der Waals surface area (Å²) in [5.41, 5.74) is 0.394. The lowest BCUT2D eigenvalue weighted by atomic mass is 10.0.